The van der Waals surface area contributed by atoms with E-state index in [1.54, 1.807) is 36.4 Å². The lowest BCUT2D eigenvalue weighted by molar-refractivity contribution is 0.103. The SMILES string of the molecule is O=C(Nc1ccc(-c2cc(C3CCCC3)n(C(=O)NCc3cccc(F)c3)n2)c(O)c1)c1cccs1. The molecular weight excluding hydrogens is 479 g/mol. The van der Waals surface area contributed by atoms with E-state index in [4.69, 9.17) is 0 Å². The molecule has 7 nitrogen and oxygen atoms in total. The smallest absolute Gasteiger partial charge is 0.342 e. The molecule has 1 fully saturated rings. The van der Waals surface area contributed by atoms with Crippen LogP contribution in [0.4, 0.5) is 14.9 Å². The number of amides is 2. The molecular formula is C27H25FN4O3S. The molecule has 0 saturated heterocycles. The number of carbonyl (C=O) groups is 2. The Kier molecular flexibility index (Phi) is 6.81. The third kappa shape index (κ3) is 5.16. The molecule has 2 amide bonds. The van der Waals surface area contributed by atoms with E-state index in [1.807, 2.05) is 11.4 Å². The Bertz CT molecular complexity index is 1390. The third-order valence-corrected chi connectivity index (χ3v) is 7.18. The minimum atomic E-state index is -0.410. The highest BCUT2D eigenvalue weighted by molar-refractivity contribution is 7.12. The van der Waals surface area contributed by atoms with Crippen molar-refractivity contribution in [2.45, 2.75) is 38.1 Å². The van der Waals surface area contributed by atoms with Gasteiger partial charge in [0.1, 0.15) is 11.6 Å². The fraction of sp³-hybridized carbons (Fsp3) is 0.222. The summed E-state index contributed by atoms with van der Waals surface area (Å²) in [6, 6.07) is 15.9. The van der Waals surface area contributed by atoms with Crippen molar-refractivity contribution in [3.8, 4) is 17.0 Å². The van der Waals surface area contributed by atoms with Crippen molar-refractivity contribution in [1.29, 1.82) is 0 Å². The number of nitrogens with one attached hydrogen (secondary N) is 2. The van der Waals surface area contributed by atoms with Gasteiger partial charge in [-0.1, -0.05) is 31.0 Å². The first-order valence-corrected chi connectivity index (χ1v) is 12.7. The fourth-order valence-electron chi connectivity index (χ4n) is 4.53. The fourth-order valence-corrected chi connectivity index (χ4v) is 5.15. The number of nitrogens with zero attached hydrogens (tertiary/aromatic N) is 2. The van der Waals surface area contributed by atoms with Crippen molar-refractivity contribution in [3.63, 3.8) is 0 Å². The van der Waals surface area contributed by atoms with Gasteiger partial charge in [-0.25, -0.2) is 9.18 Å². The molecule has 36 heavy (non-hydrogen) atoms. The molecule has 1 aliphatic carbocycles. The number of hydrogen-bond donors (Lipinski definition) is 3. The summed E-state index contributed by atoms with van der Waals surface area (Å²) in [6.45, 7) is 0.166. The Morgan fingerprint density at radius 1 is 1.08 bits per heavy atom. The molecule has 184 valence electrons. The quantitative estimate of drug-likeness (QED) is 0.295. The molecule has 1 aliphatic rings. The maximum absolute atomic E-state index is 13.5. The van der Waals surface area contributed by atoms with Gasteiger partial charge in [-0.05, 0) is 60.2 Å². The molecule has 0 unspecified atom stereocenters. The second-order valence-electron chi connectivity index (χ2n) is 8.80. The lowest BCUT2D eigenvalue weighted by atomic mass is 10.0. The largest absolute Gasteiger partial charge is 0.507 e. The van der Waals surface area contributed by atoms with Crippen LogP contribution in [-0.4, -0.2) is 26.8 Å². The summed E-state index contributed by atoms with van der Waals surface area (Å²) in [7, 11) is 0. The minimum Gasteiger partial charge on any atom is -0.507 e. The van der Waals surface area contributed by atoms with Crippen molar-refractivity contribution in [2.75, 3.05) is 5.32 Å². The normalized spacial score (nSPS) is 13.6. The minimum absolute atomic E-state index is 0.0539. The lowest BCUT2D eigenvalue weighted by Crippen LogP contribution is -2.30. The molecule has 2 aromatic heterocycles. The molecule has 2 heterocycles. The summed E-state index contributed by atoms with van der Waals surface area (Å²) in [4.78, 5) is 26.0. The van der Waals surface area contributed by atoms with E-state index in [1.165, 1.54) is 34.2 Å². The van der Waals surface area contributed by atoms with Crippen LogP contribution in [0.2, 0.25) is 0 Å². The highest BCUT2D eigenvalue weighted by Crippen LogP contribution is 2.38. The van der Waals surface area contributed by atoms with Gasteiger partial charge in [-0.2, -0.15) is 9.78 Å². The number of phenolic OH excluding ortho intramolecular Hbond substituents is 1. The zero-order chi connectivity index (χ0) is 25.1. The van der Waals surface area contributed by atoms with Crippen LogP contribution in [0, 0.1) is 5.82 Å². The van der Waals surface area contributed by atoms with Crippen LogP contribution in [0.25, 0.3) is 11.3 Å². The van der Waals surface area contributed by atoms with Crippen molar-refractivity contribution < 1.29 is 19.1 Å². The molecule has 3 N–H and O–H groups in total. The van der Waals surface area contributed by atoms with Crippen LogP contribution in [0.15, 0.2) is 66.0 Å². The third-order valence-electron chi connectivity index (χ3n) is 6.31. The van der Waals surface area contributed by atoms with E-state index in [9.17, 15) is 19.1 Å². The second-order valence-corrected chi connectivity index (χ2v) is 9.75. The Labute approximate surface area is 211 Å². The monoisotopic (exact) mass is 504 g/mol. The number of thiophene rings is 1. The first kappa shape index (κ1) is 23.7. The van der Waals surface area contributed by atoms with E-state index >= 15 is 0 Å². The highest BCUT2D eigenvalue weighted by atomic mass is 32.1. The molecule has 1 saturated carbocycles. The maximum Gasteiger partial charge on any atom is 0.342 e. The Morgan fingerprint density at radius 2 is 1.92 bits per heavy atom. The van der Waals surface area contributed by atoms with Gasteiger partial charge in [0.25, 0.3) is 5.91 Å². The predicted molar refractivity (Wildman–Crippen MR) is 137 cm³/mol. The molecule has 4 aromatic rings. The summed E-state index contributed by atoms with van der Waals surface area (Å²) in [5.41, 5.74) is 2.81. The van der Waals surface area contributed by atoms with E-state index < -0.39 is 6.03 Å². The molecule has 0 radical (unpaired) electrons. The predicted octanol–water partition coefficient (Wildman–Crippen LogP) is 6.12. The van der Waals surface area contributed by atoms with Gasteiger partial charge in [-0.15, -0.1) is 11.3 Å². The zero-order valence-electron chi connectivity index (χ0n) is 19.4. The molecule has 0 spiro atoms. The second kappa shape index (κ2) is 10.3. The van der Waals surface area contributed by atoms with Crippen molar-refractivity contribution >= 4 is 29.0 Å². The molecule has 9 heteroatoms. The topological polar surface area (TPSA) is 96.3 Å². The standard InChI is InChI=1S/C27H25FN4O3S/c28-19-8-3-5-17(13-19)16-29-27(35)32-23(18-6-1-2-7-18)15-22(31-32)21-11-10-20(14-24(21)33)30-26(34)25-9-4-12-36-25/h3-5,8-15,18,33H,1-2,6-7,16H2,(H,29,35)(H,30,34). The van der Waals surface area contributed by atoms with Crippen LogP contribution in [0.3, 0.4) is 0 Å². The lowest BCUT2D eigenvalue weighted by Gasteiger charge is -2.12. The summed E-state index contributed by atoms with van der Waals surface area (Å²) >= 11 is 1.33. The van der Waals surface area contributed by atoms with Crippen molar-refractivity contribution in [3.05, 3.63) is 88.0 Å². The average molecular weight is 505 g/mol. The first-order valence-electron chi connectivity index (χ1n) is 11.8. The Balaban J connectivity index is 1.39. The van der Waals surface area contributed by atoms with Crippen LogP contribution in [0.1, 0.15) is 52.5 Å². The van der Waals surface area contributed by atoms with Crippen LogP contribution in [0.5, 0.6) is 5.75 Å². The summed E-state index contributed by atoms with van der Waals surface area (Å²) in [6.07, 6.45) is 4.09. The number of benzene rings is 2. The molecule has 2 aromatic carbocycles. The molecule has 5 rings (SSSR count). The zero-order valence-corrected chi connectivity index (χ0v) is 20.2. The van der Waals surface area contributed by atoms with Gasteiger partial charge in [0.05, 0.1) is 16.3 Å². The number of halogens is 1. The van der Waals surface area contributed by atoms with E-state index in [0.29, 0.717) is 27.4 Å². The number of aromatic hydroxyl groups is 1. The highest BCUT2D eigenvalue weighted by Gasteiger charge is 2.26. The number of aromatic nitrogens is 2. The summed E-state index contributed by atoms with van der Waals surface area (Å²) < 4.78 is 14.9. The number of phenols is 1. The van der Waals surface area contributed by atoms with E-state index in [2.05, 4.69) is 15.7 Å². The van der Waals surface area contributed by atoms with Gasteiger partial charge < -0.3 is 15.7 Å². The van der Waals surface area contributed by atoms with Crippen LogP contribution < -0.4 is 10.6 Å². The van der Waals surface area contributed by atoms with Gasteiger partial charge in [0.15, 0.2) is 0 Å². The Morgan fingerprint density at radius 3 is 2.64 bits per heavy atom. The molecule has 0 atom stereocenters. The maximum atomic E-state index is 13.5. The average Bonchev–Trinajstić information content (AvgIpc) is 3.64. The van der Waals surface area contributed by atoms with Crippen LogP contribution >= 0.6 is 11.3 Å². The van der Waals surface area contributed by atoms with Crippen LogP contribution in [-0.2, 0) is 6.54 Å². The van der Waals surface area contributed by atoms with Gasteiger partial charge >= 0.3 is 6.03 Å². The Hall–Kier alpha value is -3.98. The molecule has 0 bridgehead atoms. The summed E-state index contributed by atoms with van der Waals surface area (Å²) in [5.74, 6) is -0.473. The van der Waals surface area contributed by atoms with Gasteiger partial charge in [-0.3, -0.25) is 4.79 Å². The number of hydrogen-bond acceptors (Lipinski definition) is 5. The van der Waals surface area contributed by atoms with Gasteiger partial charge in [0, 0.05) is 29.8 Å². The molecule has 0 aliphatic heterocycles. The number of rotatable bonds is 6. The van der Waals surface area contributed by atoms with E-state index in [-0.39, 0.29) is 29.9 Å². The first-order chi connectivity index (χ1) is 17.5. The number of anilines is 1. The van der Waals surface area contributed by atoms with Gasteiger partial charge in [0.2, 0.25) is 0 Å². The van der Waals surface area contributed by atoms with Crippen molar-refractivity contribution in [2.24, 2.45) is 0 Å². The van der Waals surface area contributed by atoms with Crippen molar-refractivity contribution in [1.82, 2.24) is 15.1 Å². The number of carbonyl (C=O) groups excluding carboxylic acids is 2. The summed E-state index contributed by atoms with van der Waals surface area (Å²) in [5, 5.41) is 22.7. The van der Waals surface area contributed by atoms with E-state index in [0.717, 1.165) is 31.4 Å².